The summed E-state index contributed by atoms with van der Waals surface area (Å²) in [5, 5.41) is 0.618. The van der Waals surface area contributed by atoms with Crippen molar-refractivity contribution in [3.63, 3.8) is 0 Å². The van der Waals surface area contributed by atoms with E-state index in [2.05, 4.69) is 50.8 Å². The predicted octanol–water partition coefficient (Wildman–Crippen LogP) is 4.91. The van der Waals surface area contributed by atoms with Crippen LogP contribution in [0.3, 0.4) is 0 Å². The Morgan fingerprint density at radius 3 is 2.93 bits per heavy atom. The topological polar surface area (TPSA) is 0 Å². The highest BCUT2D eigenvalue weighted by Crippen LogP contribution is 2.25. The minimum atomic E-state index is 0.618. The van der Waals surface area contributed by atoms with Gasteiger partial charge in [0, 0.05) is 5.03 Å². The lowest BCUT2D eigenvalue weighted by molar-refractivity contribution is 1.18. The van der Waals surface area contributed by atoms with E-state index in [4.69, 9.17) is 11.6 Å². The molecule has 0 aromatic heterocycles. The highest BCUT2D eigenvalue weighted by molar-refractivity contribution is 6.32. The third kappa shape index (κ3) is 3.56. The van der Waals surface area contributed by atoms with Gasteiger partial charge in [-0.2, -0.15) is 0 Å². The van der Waals surface area contributed by atoms with Gasteiger partial charge in [-0.15, -0.1) is 0 Å². The molecule has 0 saturated heterocycles. The van der Waals surface area contributed by atoms with Crippen molar-refractivity contribution >= 4 is 11.6 Å². The number of rotatable bonds is 3. The van der Waals surface area contributed by atoms with Crippen LogP contribution >= 0.6 is 11.6 Å². The van der Waals surface area contributed by atoms with Gasteiger partial charge in [-0.05, 0) is 30.9 Å². The molecule has 0 spiro atoms. The molecule has 80 valence electrons. The van der Waals surface area contributed by atoms with Crippen LogP contribution in [-0.2, 0) is 0 Å². The minimum Gasteiger partial charge on any atom is -0.0843 e. The molecule has 0 fully saturated rings. The number of hydrogen-bond donors (Lipinski definition) is 0. The zero-order valence-corrected chi connectivity index (χ0v) is 10.1. The summed E-state index contributed by atoms with van der Waals surface area (Å²) < 4.78 is 0. The summed E-state index contributed by atoms with van der Waals surface area (Å²) in [5.41, 5.74) is 3.58. The number of halogens is 1. The molecule has 0 nitrogen and oxygen atoms in total. The van der Waals surface area contributed by atoms with Gasteiger partial charge in [0.15, 0.2) is 0 Å². The molecule has 1 rings (SSSR count). The van der Waals surface area contributed by atoms with Crippen molar-refractivity contribution in [2.75, 3.05) is 0 Å². The maximum absolute atomic E-state index is 5.99. The number of allylic oxidation sites excluding steroid dienone is 9. The lowest BCUT2D eigenvalue weighted by Gasteiger charge is -2.06. The monoisotopic (exact) mass is 220 g/mol. The summed E-state index contributed by atoms with van der Waals surface area (Å²) in [4.78, 5) is 0. The molecule has 0 saturated carbocycles. The molecule has 15 heavy (non-hydrogen) atoms. The van der Waals surface area contributed by atoms with E-state index in [1.54, 1.807) is 0 Å². The van der Waals surface area contributed by atoms with Crippen LogP contribution in [0.1, 0.15) is 26.7 Å². The summed E-state index contributed by atoms with van der Waals surface area (Å²) in [7, 11) is 0. The van der Waals surface area contributed by atoms with E-state index in [1.165, 1.54) is 11.1 Å². The maximum atomic E-state index is 5.99. The molecule has 0 aromatic carbocycles. The normalized spacial score (nSPS) is 16.9. The van der Waals surface area contributed by atoms with Gasteiger partial charge in [-0.1, -0.05) is 61.1 Å². The van der Waals surface area contributed by atoms with Crippen molar-refractivity contribution in [2.45, 2.75) is 26.7 Å². The highest BCUT2D eigenvalue weighted by Gasteiger charge is 2.05. The van der Waals surface area contributed by atoms with Crippen LogP contribution in [0.4, 0.5) is 0 Å². The van der Waals surface area contributed by atoms with Gasteiger partial charge in [-0.3, -0.25) is 0 Å². The second-order valence-electron chi connectivity index (χ2n) is 3.67. The molecule has 0 unspecified atom stereocenters. The third-order valence-electron chi connectivity index (χ3n) is 2.31. The van der Waals surface area contributed by atoms with Crippen molar-refractivity contribution in [1.29, 1.82) is 0 Å². The third-order valence-corrected chi connectivity index (χ3v) is 2.52. The lowest BCUT2D eigenvalue weighted by atomic mass is 10.0. The van der Waals surface area contributed by atoms with E-state index in [0.717, 1.165) is 18.4 Å². The van der Waals surface area contributed by atoms with E-state index in [-0.39, 0.29) is 0 Å². The van der Waals surface area contributed by atoms with Crippen LogP contribution in [0.5, 0.6) is 0 Å². The average molecular weight is 221 g/mol. The first-order valence-corrected chi connectivity index (χ1v) is 5.62. The van der Waals surface area contributed by atoms with Gasteiger partial charge < -0.3 is 0 Å². The van der Waals surface area contributed by atoms with E-state index in [0.29, 0.717) is 5.03 Å². The molecule has 1 aliphatic rings. The van der Waals surface area contributed by atoms with Crippen molar-refractivity contribution in [1.82, 2.24) is 0 Å². The fourth-order valence-electron chi connectivity index (χ4n) is 1.51. The Labute approximate surface area is 97.3 Å². The molecule has 0 atom stereocenters. The van der Waals surface area contributed by atoms with Gasteiger partial charge in [0.2, 0.25) is 0 Å². The Kier molecular flexibility index (Phi) is 4.64. The standard InChI is InChI=1S/C14H17Cl/c1-4-6-14(12(3)15)13-8-5-7-11(2)9-10-13/h5-8,10H,3-4,9H2,1-2H3/b14-6+. The van der Waals surface area contributed by atoms with Crippen LogP contribution in [0.25, 0.3) is 0 Å². The van der Waals surface area contributed by atoms with E-state index in [1.807, 2.05) is 0 Å². The van der Waals surface area contributed by atoms with Crippen LogP contribution in [0.15, 0.2) is 58.7 Å². The summed E-state index contributed by atoms with van der Waals surface area (Å²) in [6.45, 7) is 8.03. The van der Waals surface area contributed by atoms with Crippen LogP contribution < -0.4 is 0 Å². The molecule has 0 heterocycles. The molecule has 0 amide bonds. The minimum absolute atomic E-state index is 0.618. The van der Waals surface area contributed by atoms with E-state index in [9.17, 15) is 0 Å². The van der Waals surface area contributed by atoms with Crippen LogP contribution in [-0.4, -0.2) is 0 Å². The van der Waals surface area contributed by atoms with Crippen molar-refractivity contribution < 1.29 is 0 Å². The number of hydrogen-bond acceptors (Lipinski definition) is 0. The summed E-state index contributed by atoms with van der Waals surface area (Å²) in [5.74, 6) is 0. The predicted molar refractivity (Wildman–Crippen MR) is 69.0 cm³/mol. The maximum Gasteiger partial charge on any atom is 0.0409 e. The second kappa shape index (κ2) is 5.77. The first kappa shape index (κ1) is 12.1. The van der Waals surface area contributed by atoms with Gasteiger partial charge in [0.1, 0.15) is 0 Å². The van der Waals surface area contributed by atoms with Crippen molar-refractivity contribution in [2.24, 2.45) is 0 Å². The molecule has 0 radical (unpaired) electrons. The zero-order chi connectivity index (χ0) is 11.3. The largest absolute Gasteiger partial charge is 0.0843 e. The Bertz CT molecular complexity index is 365. The summed E-state index contributed by atoms with van der Waals surface area (Å²) in [6.07, 6.45) is 12.6. The highest BCUT2D eigenvalue weighted by atomic mass is 35.5. The second-order valence-corrected chi connectivity index (χ2v) is 4.12. The SMILES string of the molecule is C=C(Cl)/C(=C\CC)C1=CCC(C)=CC=C1. The van der Waals surface area contributed by atoms with Gasteiger partial charge in [0.05, 0.1) is 0 Å². The Morgan fingerprint density at radius 1 is 1.60 bits per heavy atom. The quantitative estimate of drug-likeness (QED) is 0.593. The summed E-state index contributed by atoms with van der Waals surface area (Å²) >= 11 is 5.99. The Morgan fingerprint density at radius 2 is 2.33 bits per heavy atom. The fraction of sp³-hybridized carbons (Fsp3) is 0.286. The first-order valence-electron chi connectivity index (χ1n) is 5.24. The molecule has 0 bridgehead atoms. The van der Waals surface area contributed by atoms with Crippen molar-refractivity contribution in [3.8, 4) is 0 Å². The van der Waals surface area contributed by atoms with Gasteiger partial charge in [0.25, 0.3) is 0 Å². The zero-order valence-electron chi connectivity index (χ0n) is 9.39. The lowest BCUT2D eigenvalue weighted by Crippen LogP contribution is -1.87. The molecular formula is C14H17Cl. The smallest absolute Gasteiger partial charge is 0.0409 e. The van der Waals surface area contributed by atoms with Crippen LogP contribution in [0, 0.1) is 0 Å². The Balaban J connectivity index is 2.97. The van der Waals surface area contributed by atoms with Gasteiger partial charge >= 0.3 is 0 Å². The molecule has 0 aliphatic heterocycles. The van der Waals surface area contributed by atoms with Crippen LogP contribution in [0.2, 0.25) is 0 Å². The van der Waals surface area contributed by atoms with E-state index < -0.39 is 0 Å². The van der Waals surface area contributed by atoms with Crippen molar-refractivity contribution in [3.05, 3.63) is 58.7 Å². The average Bonchev–Trinajstić information content (AvgIpc) is 2.39. The van der Waals surface area contributed by atoms with Gasteiger partial charge in [-0.25, -0.2) is 0 Å². The van der Waals surface area contributed by atoms with E-state index >= 15 is 0 Å². The molecule has 1 heteroatoms. The molecule has 1 aliphatic carbocycles. The Hall–Kier alpha value is -1.01. The molecular weight excluding hydrogens is 204 g/mol. The summed E-state index contributed by atoms with van der Waals surface area (Å²) in [6, 6.07) is 0. The molecule has 0 N–H and O–H groups in total. The first-order chi connectivity index (χ1) is 7.15. The fourth-order valence-corrected chi connectivity index (χ4v) is 1.70. The molecule has 0 aromatic rings.